The van der Waals surface area contributed by atoms with Crippen LogP contribution in [0.5, 0.6) is 5.75 Å². The topological polar surface area (TPSA) is 91.9 Å². The highest BCUT2D eigenvalue weighted by molar-refractivity contribution is 5.78. The SMILES string of the molecule is Cc1ccc(OCC(=O)N2CC3CN(Cc4cccnc4N)CC3(CO)C2)cc1. The van der Waals surface area contributed by atoms with Crippen LogP contribution in [0.3, 0.4) is 0 Å². The number of nitrogen functional groups attached to an aromatic ring is 1. The van der Waals surface area contributed by atoms with Crippen molar-refractivity contribution in [1.29, 1.82) is 0 Å². The number of rotatable bonds is 6. The number of ether oxygens (including phenoxy) is 1. The van der Waals surface area contributed by atoms with Gasteiger partial charge in [-0.2, -0.15) is 0 Å². The number of benzene rings is 1. The number of aliphatic hydroxyl groups excluding tert-OH is 1. The Hall–Kier alpha value is -2.64. The van der Waals surface area contributed by atoms with Gasteiger partial charge in [0.1, 0.15) is 11.6 Å². The third-order valence-corrected chi connectivity index (χ3v) is 6.20. The predicted octanol–water partition coefficient (Wildman–Crippen LogP) is 1.30. The number of carbonyl (C=O) groups excluding carboxylic acids is 1. The first-order valence-electron chi connectivity index (χ1n) is 9.99. The van der Waals surface area contributed by atoms with Gasteiger partial charge in [0.15, 0.2) is 6.61 Å². The number of nitrogens with two attached hydrogens (primary N) is 1. The van der Waals surface area contributed by atoms with Gasteiger partial charge in [-0.15, -0.1) is 0 Å². The Morgan fingerprint density at radius 1 is 1.28 bits per heavy atom. The summed E-state index contributed by atoms with van der Waals surface area (Å²) in [6, 6.07) is 11.5. The summed E-state index contributed by atoms with van der Waals surface area (Å²) in [4.78, 5) is 21.0. The minimum Gasteiger partial charge on any atom is -0.484 e. The van der Waals surface area contributed by atoms with Gasteiger partial charge in [0.2, 0.25) is 0 Å². The predicted molar refractivity (Wildman–Crippen MR) is 110 cm³/mol. The summed E-state index contributed by atoms with van der Waals surface area (Å²) in [6.45, 7) is 5.59. The Morgan fingerprint density at radius 3 is 2.76 bits per heavy atom. The fourth-order valence-electron chi connectivity index (χ4n) is 4.52. The highest BCUT2D eigenvalue weighted by Crippen LogP contribution is 2.42. The van der Waals surface area contributed by atoms with Crippen LogP contribution in [0.1, 0.15) is 11.1 Å². The standard InChI is InChI=1S/C22H28N4O3/c1-16-4-6-19(7-5-16)29-12-20(28)26-11-18-10-25(13-22(18,14-26)15-27)9-17-3-2-8-24-21(17)23/h2-8,18,27H,9-15H2,1H3,(H2,23,24). The third kappa shape index (κ3) is 4.06. The third-order valence-electron chi connectivity index (χ3n) is 6.20. The molecule has 29 heavy (non-hydrogen) atoms. The first-order valence-corrected chi connectivity index (χ1v) is 9.99. The van der Waals surface area contributed by atoms with Crippen molar-refractivity contribution in [3.8, 4) is 5.75 Å². The molecule has 2 fully saturated rings. The van der Waals surface area contributed by atoms with Gasteiger partial charge < -0.3 is 20.5 Å². The molecule has 2 aromatic rings. The molecule has 154 valence electrons. The van der Waals surface area contributed by atoms with Gasteiger partial charge in [0, 0.05) is 49.9 Å². The van der Waals surface area contributed by atoms with E-state index in [2.05, 4.69) is 9.88 Å². The Kier molecular flexibility index (Phi) is 5.43. The Bertz CT molecular complexity index is 873. The molecule has 1 aromatic heterocycles. The zero-order valence-electron chi connectivity index (χ0n) is 16.8. The Balaban J connectivity index is 1.35. The summed E-state index contributed by atoms with van der Waals surface area (Å²) in [5.74, 6) is 1.46. The highest BCUT2D eigenvalue weighted by atomic mass is 16.5. The smallest absolute Gasteiger partial charge is 0.260 e. The van der Waals surface area contributed by atoms with Crippen molar-refractivity contribution in [3.05, 3.63) is 53.7 Å². The van der Waals surface area contributed by atoms with Crippen LogP contribution in [-0.4, -0.2) is 65.2 Å². The Morgan fingerprint density at radius 2 is 2.07 bits per heavy atom. The van der Waals surface area contributed by atoms with Crippen LogP contribution < -0.4 is 10.5 Å². The number of carbonyl (C=O) groups is 1. The van der Waals surface area contributed by atoms with Crippen LogP contribution in [-0.2, 0) is 11.3 Å². The summed E-state index contributed by atoms with van der Waals surface area (Å²) in [5.41, 5.74) is 7.85. The summed E-state index contributed by atoms with van der Waals surface area (Å²) < 4.78 is 5.65. The number of pyridine rings is 1. The number of amides is 1. The molecule has 2 aliphatic rings. The van der Waals surface area contributed by atoms with Gasteiger partial charge in [-0.3, -0.25) is 9.69 Å². The lowest BCUT2D eigenvalue weighted by atomic mass is 9.82. The maximum absolute atomic E-state index is 12.7. The molecule has 0 bridgehead atoms. The maximum atomic E-state index is 12.7. The van der Waals surface area contributed by atoms with Crippen molar-refractivity contribution in [1.82, 2.24) is 14.8 Å². The number of nitrogens with zero attached hydrogens (tertiary/aromatic N) is 3. The maximum Gasteiger partial charge on any atom is 0.260 e. The van der Waals surface area contributed by atoms with E-state index in [1.165, 1.54) is 0 Å². The van der Waals surface area contributed by atoms with Gasteiger partial charge in [-0.25, -0.2) is 4.98 Å². The van der Waals surface area contributed by atoms with Crippen molar-refractivity contribution >= 4 is 11.7 Å². The van der Waals surface area contributed by atoms with Crippen LogP contribution >= 0.6 is 0 Å². The van der Waals surface area contributed by atoms with E-state index >= 15 is 0 Å². The number of hydrogen-bond acceptors (Lipinski definition) is 6. The van der Waals surface area contributed by atoms with E-state index in [9.17, 15) is 9.90 Å². The number of aryl methyl sites for hydroxylation is 1. The van der Waals surface area contributed by atoms with Crippen molar-refractivity contribution in [2.24, 2.45) is 11.3 Å². The molecule has 7 nitrogen and oxygen atoms in total. The van der Waals surface area contributed by atoms with Gasteiger partial charge in [-0.1, -0.05) is 23.8 Å². The minimum absolute atomic E-state index is 0.0211. The zero-order valence-corrected chi connectivity index (χ0v) is 16.8. The zero-order chi connectivity index (χ0) is 20.4. The van der Waals surface area contributed by atoms with Crippen LogP contribution in [0.2, 0.25) is 0 Å². The molecular weight excluding hydrogens is 368 g/mol. The minimum atomic E-state index is -0.281. The first-order chi connectivity index (χ1) is 14.0. The molecule has 1 amide bonds. The summed E-state index contributed by atoms with van der Waals surface area (Å²) in [7, 11) is 0. The van der Waals surface area contributed by atoms with Gasteiger partial charge in [0.25, 0.3) is 5.91 Å². The molecule has 0 saturated carbocycles. The van der Waals surface area contributed by atoms with Gasteiger partial charge in [0.05, 0.1) is 6.61 Å². The summed E-state index contributed by atoms with van der Waals surface area (Å²) in [5, 5.41) is 10.2. The summed E-state index contributed by atoms with van der Waals surface area (Å²) >= 11 is 0. The molecule has 0 radical (unpaired) electrons. The number of fused-ring (bicyclic) bond motifs is 1. The first kappa shape index (κ1) is 19.7. The molecule has 2 aliphatic heterocycles. The molecule has 4 rings (SSSR count). The van der Waals surface area contributed by atoms with E-state index in [1.807, 2.05) is 48.2 Å². The molecule has 2 atom stereocenters. The van der Waals surface area contributed by atoms with Crippen LogP contribution in [0, 0.1) is 18.3 Å². The normalized spacial score (nSPS) is 23.9. The highest BCUT2D eigenvalue weighted by Gasteiger charge is 2.53. The molecule has 0 spiro atoms. The van der Waals surface area contributed by atoms with Crippen molar-refractivity contribution < 1.29 is 14.6 Å². The fourth-order valence-corrected chi connectivity index (χ4v) is 4.52. The molecule has 1 aromatic carbocycles. The van der Waals surface area contributed by atoms with Gasteiger partial charge >= 0.3 is 0 Å². The quantitative estimate of drug-likeness (QED) is 0.765. The lowest BCUT2D eigenvalue weighted by Crippen LogP contribution is -2.40. The van der Waals surface area contributed by atoms with Gasteiger partial charge in [-0.05, 0) is 31.0 Å². The second kappa shape index (κ2) is 8.00. The molecule has 0 aliphatic carbocycles. The molecule has 2 saturated heterocycles. The van der Waals surface area contributed by atoms with E-state index in [0.717, 1.165) is 24.2 Å². The average Bonchev–Trinajstić information content (AvgIpc) is 3.23. The van der Waals surface area contributed by atoms with E-state index in [-0.39, 0.29) is 30.5 Å². The van der Waals surface area contributed by atoms with Crippen LogP contribution in [0.15, 0.2) is 42.6 Å². The van der Waals surface area contributed by atoms with E-state index in [1.54, 1.807) is 6.20 Å². The van der Waals surface area contributed by atoms with Crippen LogP contribution in [0.4, 0.5) is 5.82 Å². The molecular formula is C22H28N4O3. The second-order valence-electron chi connectivity index (χ2n) is 8.31. The fraction of sp³-hybridized carbons (Fsp3) is 0.455. The van der Waals surface area contributed by atoms with Crippen molar-refractivity contribution in [2.45, 2.75) is 13.5 Å². The van der Waals surface area contributed by atoms with E-state index in [4.69, 9.17) is 10.5 Å². The molecule has 2 unspecified atom stereocenters. The van der Waals surface area contributed by atoms with Crippen molar-refractivity contribution in [2.75, 3.05) is 45.1 Å². The largest absolute Gasteiger partial charge is 0.484 e. The average molecular weight is 396 g/mol. The van der Waals surface area contributed by atoms with E-state index < -0.39 is 0 Å². The van der Waals surface area contributed by atoms with E-state index in [0.29, 0.717) is 31.2 Å². The van der Waals surface area contributed by atoms with Crippen LogP contribution in [0.25, 0.3) is 0 Å². The molecule has 3 N–H and O–H groups in total. The number of aromatic nitrogens is 1. The lowest BCUT2D eigenvalue weighted by Gasteiger charge is -2.27. The summed E-state index contributed by atoms with van der Waals surface area (Å²) in [6.07, 6.45) is 1.69. The monoisotopic (exact) mass is 396 g/mol. The molecule has 3 heterocycles. The van der Waals surface area contributed by atoms with Crippen molar-refractivity contribution in [3.63, 3.8) is 0 Å². The number of likely N-dealkylation sites (tertiary alicyclic amines) is 2. The number of aliphatic hydroxyl groups is 1. The molecule has 7 heteroatoms. The lowest BCUT2D eigenvalue weighted by molar-refractivity contribution is -0.133. The number of hydrogen-bond donors (Lipinski definition) is 2. The number of anilines is 1. The Labute approximate surface area is 171 Å². The second-order valence-corrected chi connectivity index (χ2v) is 8.31.